The summed E-state index contributed by atoms with van der Waals surface area (Å²) in [6.45, 7) is 4.62. The molecule has 1 heteroatoms. The molecule has 0 amide bonds. The number of hydrogen-bond acceptors (Lipinski definition) is 0. The first kappa shape index (κ1) is 16.1. The maximum atomic E-state index is 6.13. The number of hydrogen-bond donors (Lipinski definition) is 0. The van der Waals surface area contributed by atoms with Gasteiger partial charge in [-0.15, -0.1) is 0 Å². The summed E-state index contributed by atoms with van der Waals surface area (Å²) in [5.74, 6) is 1.26. The van der Waals surface area contributed by atoms with Crippen LogP contribution in [0.3, 0.4) is 0 Å². The second-order valence-electron chi connectivity index (χ2n) is 6.14. The van der Waals surface area contributed by atoms with Crippen LogP contribution in [0.2, 0.25) is 5.02 Å². The van der Waals surface area contributed by atoms with E-state index in [1.807, 2.05) is 6.07 Å². The first-order chi connectivity index (χ1) is 10.2. The fraction of sp³-hybridized carbons (Fsp3) is 0.400. The normalized spacial score (nSPS) is 12.6. The van der Waals surface area contributed by atoms with Gasteiger partial charge in [0.25, 0.3) is 0 Å². The Kier molecular flexibility index (Phi) is 6.32. The monoisotopic (exact) mass is 300 g/mol. The zero-order chi connectivity index (χ0) is 15.1. The first-order valence-electron chi connectivity index (χ1n) is 7.96. The molecule has 0 radical (unpaired) electrons. The molecule has 0 heterocycles. The Morgan fingerprint density at radius 3 is 2.33 bits per heavy atom. The van der Waals surface area contributed by atoms with Crippen molar-refractivity contribution in [2.45, 2.75) is 45.4 Å². The van der Waals surface area contributed by atoms with Crippen LogP contribution in [0.25, 0.3) is 0 Å². The Labute approximate surface area is 134 Å². The van der Waals surface area contributed by atoms with Crippen molar-refractivity contribution >= 4 is 11.6 Å². The molecular weight excluding hydrogens is 276 g/mol. The average molecular weight is 301 g/mol. The van der Waals surface area contributed by atoms with Gasteiger partial charge in [-0.05, 0) is 54.4 Å². The molecule has 0 aliphatic rings. The lowest BCUT2D eigenvalue weighted by molar-refractivity contribution is 0.449. The molecule has 0 bridgehead atoms. The van der Waals surface area contributed by atoms with E-state index in [4.69, 9.17) is 11.6 Å². The molecule has 0 aromatic heterocycles. The van der Waals surface area contributed by atoms with E-state index in [1.54, 1.807) is 0 Å². The standard InChI is InChI=1S/C20H25Cl/c1-16(2)20(18-12-8-13-19(21)15-18)14-7-6-11-17-9-4-3-5-10-17/h3-5,8-10,12-13,15-16,20H,6-7,11,14H2,1-2H3. The Morgan fingerprint density at radius 2 is 1.67 bits per heavy atom. The zero-order valence-electron chi connectivity index (χ0n) is 13.1. The fourth-order valence-electron chi connectivity index (χ4n) is 2.96. The molecule has 0 N–H and O–H groups in total. The predicted molar refractivity (Wildman–Crippen MR) is 93.0 cm³/mol. The molecule has 0 aliphatic heterocycles. The molecular formula is C20H25Cl. The fourth-order valence-corrected chi connectivity index (χ4v) is 3.16. The number of benzene rings is 2. The third-order valence-electron chi connectivity index (χ3n) is 4.15. The summed E-state index contributed by atoms with van der Waals surface area (Å²) < 4.78 is 0. The van der Waals surface area contributed by atoms with Crippen molar-refractivity contribution < 1.29 is 0 Å². The molecule has 0 spiro atoms. The van der Waals surface area contributed by atoms with E-state index < -0.39 is 0 Å². The third kappa shape index (κ3) is 5.21. The summed E-state index contributed by atoms with van der Waals surface area (Å²) in [7, 11) is 0. The predicted octanol–water partition coefficient (Wildman–Crippen LogP) is 6.49. The summed E-state index contributed by atoms with van der Waals surface area (Å²) in [4.78, 5) is 0. The van der Waals surface area contributed by atoms with Crippen molar-refractivity contribution in [3.63, 3.8) is 0 Å². The van der Waals surface area contributed by atoms with E-state index in [-0.39, 0.29) is 0 Å². The zero-order valence-corrected chi connectivity index (χ0v) is 13.8. The molecule has 112 valence electrons. The van der Waals surface area contributed by atoms with Crippen LogP contribution in [0.5, 0.6) is 0 Å². The molecule has 0 fully saturated rings. The highest BCUT2D eigenvalue weighted by atomic mass is 35.5. The van der Waals surface area contributed by atoms with Crippen molar-refractivity contribution in [2.75, 3.05) is 0 Å². The number of halogens is 1. The molecule has 2 aromatic rings. The van der Waals surface area contributed by atoms with Crippen LogP contribution < -0.4 is 0 Å². The van der Waals surface area contributed by atoms with Gasteiger partial charge in [-0.3, -0.25) is 0 Å². The summed E-state index contributed by atoms with van der Waals surface area (Å²) in [5, 5.41) is 0.849. The van der Waals surface area contributed by atoms with Gasteiger partial charge in [-0.2, -0.15) is 0 Å². The van der Waals surface area contributed by atoms with Crippen molar-refractivity contribution in [3.05, 3.63) is 70.7 Å². The quantitative estimate of drug-likeness (QED) is 0.512. The maximum Gasteiger partial charge on any atom is 0.0408 e. The van der Waals surface area contributed by atoms with E-state index >= 15 is 0 Å². The van der Waals surface area contributed by atoms with Crippen molar-refractivity contribution in [3.8, 4) is 0 Å². The molecule has 0 nitrogen and oxygen atoms in total. The van der Waals surface area contributed by atoms with Gasteiger partial charge in [-0.25, -0.2) is 0 Å². The van der Waals surface area contributed by atoms with Gasteiger partial charge >= 0.3 is 0 Å². The minimum Gasteiger partial charge on any atom is -0.0843 e. The summed E-state index contributed by atoms with van der Waals surface area (Å²) in [6.07, 6.45) is 4.95. The lowest BCUT2D eigenvalue weighted by Gasteiger charge is -2.21. The van der Waals surface area contributed by atoms with Gasteiger partial charge in [0.05, 0.1) is 0 Å². The Bertz CT molecular complexity index is 531. The second-order valence-corrected chi connectivity index (χ2v) is 6.57. The topological polar surface area (TPSA) is 0 Å². The second kappa shape index (κ2) is 8.24. The summed E-state index contributed by atoms with van der Waals surface area (Å²) in [5.41, 5.74) is 2.83. The summed E-state index contributed by atoms with van der Waals surface area (Å²) >= 11 is 6.13. The van der Waals surface area contributed by atoms with Crippen LogP contribution in [0.15, 0.2) is 54.6 Å². The Morgan fingerprint density at radius 1 is 0.905 bits per heavy atom. The Balaban J connectivity index is 1.86. The minimum atomic E-state index is 0.611. The van der Waals surface area contributed by atoms with E-state index in [9.17, 15) is 0 Å². The highest BCUT2D eigenvalue weighted by Gasteiger charge is 2.15. The molecule has 2 rings (SSSR count). The first-order valence-corrected chi connectivity index (χ1v) is 8.34. The lowest BCUT2D eigenvalue weighted by Crippen LogP contribution is -2.07. The van der Waals surface area contributed by atoms with Crippen LogP contribution in [-0.4, -0.2) is 0 Å². The summed E-state index contributed by atoms with van der Waals surface area (Å²) in [6, 6.07) is 19.1. The maximum absolute atomic E-state index is 6.13. The van der Waals surface area contributed by atoms with E-state index in [0.29, 0.717) is 11.8 Å². The van der Waals surface area contributed by atoms with Crippen LogP contribution in [-0.2, 0) is 6.42 Å². The van der Waals surface area contributed by atoms with Crippen LogP contribution >= 0.6 is 11.6 Å². The van der Waals surface area contributed by atoms with E-state index in [0.717, 1.165) is 5.02 Å². The van der Waals surface area contributed by atoms with Gasteiger partial charge in [0, 0.05) is 5.02 Å². The van der Waals surface area contributed by atoms with Crippen molar-refractivity contribution in [2.24, 2.45) is 5.92 Å². The number of aryl methyl sites for hydroxylation is 1. The van der Waals surface area contributed by atoms with Crippen LogP contribution in [0.1, 0.15) is 50.2 Å². The highest BCUT2D eigenvalue weighted by molar-refractivity contribution is 6.30. The Hall–Kier alpha value is -1.27. The highest BCUT2D eigenvalue weighted by Crippen LogP contribution is 2.31. The van der Waals surface area contributed by atoms with Crippen molar-refractivity contribution in [1.82, 2.24) is 0 Å². The van der Waals surface area contributed by atoms with Gasteiger partial charge in [0.2, 0.25) is 0 Å². The largest absolute Gasteiger partial charge is 0.0843 e. The molecule has 1 unspecified atom stereocenters. The molecule has 21 heavy (non-hydrogen) atoms. The minimum absolute atomic E-state index is 0.611. The molecule has 0 aliphatic carbocycles. The molecule has 0 saturated carbocycles. The number of rotatable bonds is 7. The number of unbranched alkanes of at least 4 members (excludes halogenated alkanes) is 1. The molecule has 2 aromatic carbocycles. The average Bonchev–Trinajstić information content (AvgIpc) is 2.48. The SMILES string of the molecule is CC(C)C(CCCCc1ccccc1)c1cccc(Cl)c1. The van der Waals surface area contributed by atoms with Crippen molar-refractivity contribution in [1.29, 1.82) is 0 Å². The van der Waals surface area contributed by atoms with Crippen LogP contribution in [0.4, 0.5) is 0 Å². The van der Waals surface area contributed by atoms with E-state index in [1.165, 1.54) is 36.8 Å². The van der Waals surface area contributed by atoms with E-state index in [2.05, 4.69) is 62.4 Å². The van der Waals surface area contributed by atoms with Gasteiger partial charge in [0.15, 0.2) is 0 Å². The molecule has 0 saturated heterocycles. The van der Waals surface area contributed by atoms with Crippen LogP contribution in [0, 0.1) is 5.92 Å². The van der Waals surface area contributed by atoms with Gasteiger partial charge in [0.1, 0.15) is 0 Å². The lowest BCUT2D eigenvalue weighted by atomic mass is 9.84. The van der Waals surface area contributed by atoms with Gasteiger partial charge in [-0.1, -0.05) is 74.3 Å². The smallest absolute Gasteiger partial charge is 0.0408 e. The third-order valence-corrected chi connectivity index (χ3v) is 4.39. The van der Waals surface area contributed by atoms with Gasteiger partial charge < -0.3 is 0 Å². The molecule has 1 atom stereocenters.